The summed E-state index contributed by atoms with van der Waals surface area (Å²) in [6.45, 7) is 16.9. The molecule has 0 aromatic heterocycles. The van der Waals surface area contributed by atoms with E-state index >= 15 is 0 Å². The molecule has 2 N–H and O–H groups in total. The maximum Gasteiger partial charge on any atom is 0.263 e. The van der Waals surface area contributed by atoms with Crippen molar-refractivity contribution in [1.29, 1.82) is 0 Å². The van der Waals surface area contributed by atoms with Crippen LogP contribution in [0.5, 0.6) is 5.75 Å². The number of fused-ring (bicyclic) bond motifs is 3. The van der Waals surface area contributed by atoms with Crippen LogP contribution < -0.4 is 14.4 Å². The number of nitrogens with one attached hydrogen (secondary N) is 1. The van der Waals surface area contributed by atoms with Gasteiger partial charge in [0.2, 0.25) is 0 Å². The van der Waals surface area contributed by atoms with E-state index in [2.05, 4.69) is 57.6 Å². The van der Waals surface area contributed by atoms with Crippen molar-refractivity contribution in [2.24, 2.45) is 23.7 Å². The first-order chi connectivity index (χ1) is 26.2. The van der Waals surface area contributed by atoms with Crippen molar-refractivity contribution in [3.63, 3.8) is 0 Å². The molecule has 0 radical (unpaired) electrons. The molecule has 7 rings (SSSR count). The number of carbonyl (C=O) groups is 1. The lowest BCUT2D eigenvalue weighted by molar-refractivity contribution is 0.0283. The Balaban J connectivity index is 0.00000119. The number of piperazine rings is 1. The Morgan fingerprint density at radius 1 is 0.981 bits per heavy atom. The minimum atomic E-state index is -1.49. The molecule has 10 heteroatoms. The molecule has 0 spiro atoms. The fraction of sp³-hybridized carbons (Fsp3) is 0.659. The van der Waals surface area contributed by atoms with Crippen LogP contribution in [0, 0.1) is 23.7 Å². The molecular formula is C44H65ClN4O4S. The molecule has 2 bridgehead atoms. The zero-order valence-electron chi connectivity index (χ0n) is 33.2. The van der Waals surface area contributed by atoms with Crippen molar-refractivity contribution in [2.45, 2.75) is 103 Å². The number of piperidine rings is 1. The number of rotatable bonds is 6. The van der Waals surface area contributed by atoms with Gasteiger partial charge in [0, 0.05) is 68.4 Å². The van der Waals surface area contributed by atoms with Crippen LogP contribution >= 0.6 is 11.6 Å². The number of allylic oxidation sites excluding steroid dienone is 1. The first kappa shape index (κ1) is 41.2. The second-order valence-electron chi connectivity index (χ2n) is 16.6. The van der Waals surface area contributed by atoms with Crippen molar-refractivity contribution in [3.05, 3.63) is 70.3 Å². The number of halogens is 1. The second-order valence-corrected chi connectivity index (χ2v) is 18.6. The highest BCUT2D eigenvalue weighted by molar-refractivity contribution is 7.84. The number of anilines is 1. The highest BCUT2D eigenvalue weighted by atomic mass is 35.5. The fourth-order valence-corrected chi connectivity index (χ4v) is 10.5. The van der Waals surface area contributed by atoms with Crippen molar-refractivity contribution >= 4 is 34.2 Å². The van der Waals surface area contributed by atoms with Crippen LogP contribution in [-0.4, -0.2) is 95.3 Å². The van der Waals surface area contributed by atoms with Crippen molar-refractivity contribution < 1.29 is 18.8 Å². The molecule has 3 fully saturated rings. The third-order valence-corrected chi connectivity index (χ3v) is 14.6. The van der Waals surface area contributed by atoms with E-state index in [1.165, 1.54) is 62.9 Å². The molecular weight excluding hydrogens is 716 g/mol. The maximum absolute atomic E-state index is 13.5. The van der Waals surface area contributed by atoms with E-state index in [4.69, 9.17) is 21.4 Å². The molecule has 1 aliphatic carbocycles. The molecule has 298 valence electrons. The van der Waals surface area contributed by atoms with Crippen molar-refractivity contribution in [3.8, 4) is 5.75 Å². The summed E-state index contributed by atoms with van der Waals surface area (Å²) in [4.78, 5) is 21.5. The number of aryl methyl sites for hydroxylation is 1. The number of nitrogens with zero attached hydrogens (tertiary/aromatic N) is 3. The minimum absolute atomic E-state index is 0.163. The van der Waals surface area contributed by atoms with Gasteiger partial charge in [0.05, 0.1) is 17.5 Å². The maximum atomic E-state index is 13.5. The van der Waals surface area contributed by atoms with E-state index in [9.17, 15) is 9.00 Å². The monoisotopic (exact) mass is 780 g/mol. The van der Waals surface area contributed by atoms with E-state index in [-0.39, 0.29) is 23.0 Å². The van der Waals surface area contributed by atoms with Gasteiger partial charge in [0.1, 0.15) is 16.7 Å². The molecule has 8 atom stereocenters. The number of ether oxygens (including phenoxy) is 1. The van der Waals surface area contributed by atoms with Gasteiger partial charge in [-0.1, -0.05) is 63.4 Å². The lowest BCUT2D eigenvalue weighted by Gasteiger charge is -2.48. The Labute approximate surface area is 332 Å². The lowest BCUT2D eigenvalue weighted by atomic mass is 9.66. The SMILES string of the molecule is CCCO.CCCc1cc(Cl)ccc1C1COc2ccc3cc2N(C1)CC1CCC1C(CN1CCN2CCCCC2C1)/C=C/CC(C)C(C)S(=O)NC3=O. The standard InChI is InChI=1S/C41H57ClN4O3S.C3H8O/c1-4-8-30-21-35(42)14-16-37(30)34-25-46-24-33-12-15-38(33)32(23-44-19-20-45-18-6-5-11-36(45)26-44)10-7-9-28(2)29(3)50(48)43-41(47)31-13-17-40(49-27-34)39(46)22-31;1-2-3-4/h7,10,13-14,16-17,21-22,28-29,32-34,36,38H,4-6,8-9,11-12,15,18-20,23-27H2,1-3H3,(H,43,47);4H,2-3H2,1H3/b10-7+;. The number of carbonyl (C=O) groups excluding carboxylic acids is 1. The van der Waals surface area contributed by atoms with E-state index in [0.717, 1.165) is 68.3 Å². The molecule has 5 aliphatic rings. The quantitative estimate of drug-likeness (QED) is 0.289. The van der Waals surface area contributed by atoms with Gasteiger partial charge in [-0.2, -0.15) is 0 Å². The normalized spacial score (nSPS) is 31.3. The van der Waals surface area contributed by atoms with Gasteiger partial charge in [-0.05, 0) is 124 Å². The second kappa shape index (κ2) is 19.6. The first-order valence-electron chi connectivity index (χ1n) is 20.9. The molecule has 8 nitrogen and oxygen atoms in total. The molecule has 2 aromatic rings. The summed E-state index contributed by atoms with van der Waals surface area (Å²) in [6.07, 6.45) is 15.2. The van der Waals surface area contributed by atoms with Gasteiger partial charge in [0.15, 0.2) is 0 Å². The van der Waals surface area contributed by atoms with E-state index in [0.29, 0.717) is 42.6 Å². The van der Waals surface area contributed by atoms with E-state index in [1.807, 2.05) is 38.1 Å². The van der Waals surface area contributed by atoms with Crippen LogP contribution in [0.3, 0.4) is 0 Å². The number of aliphatic hydroxyl groups excluding tert-OH is 1. The summed E-state index contributed by atoms with van der Waals surface area (Å²) in [7, 11) is -1.49. The molecule has 2 saturated heterocycles. The lowest BCUT2D eigenvalue weighted by Crippen LogP contribution is -2.56. The molecule has 8 unspecified atom stereocenters. The molecule has 4 aliphatic heterocycles. The van der Waals surface area contributed by atoms with Gasteiger partial charge in [-0.25, -0.2) is 4.21 Å². The van der Waals surface area contributed by atoms with Crippen molar-refractivity contribution in [2.75, 3.05) is 63.9 Å². The molecule has 1 amide bonds. The highest BCUT2D eigenvalue weighted by Crippen LogP contribution is 2.45. The van der Waals surface area contributed by atoms with Crippen LogP contribution in [0.2, 0.25) is 5.02 Å². The Morgan fingerprint density at radius 3 is 2.57 bits per heavy atom. The van der Waals surface area contributed by atoms with Crippen LogP contribution in [0.15, 0.2) is 48.6 Å². The van der Waals surface area contributed by atoms with Crippen LogP contribution in [0.25, 0.3) is 0 Å². The van der Waals surface area contributed by atoms with Gasteiger partial charge in [-0.15, -0.1) is 0 Å². The Kier molecular flexibility index (Phi) is 15.0. The Bertz CT molecular complexity index is 1600. The number of benzene rings is 2. The average molecular weight is 782 g/mol. The first-order valence-corrected chi connectivity index (χ1v) is 22.5. The van der Waals surface area contributed by atoms with Crippen LogP contribution in [-0.2, 0) is 17.4 Å². The summed E-state index contributed by atoms with van der Waals surface area (Å²) >= 11 is 6.50. The predicted octanol–water partition coefficient (Wildman–Crippen LogP) is 7.85. The smallest absolute Gasteiger partial charge is 0.263 e. The summed E-state index contributed by atoms with van der Waals surface area (Å²) in [5.41, 5.74) is 4.10. The molecule has 54 heavy (non-hydrogen) atoms. The Hall–Kier alpha value is -2.43. The fourth-order valence-electron chi connectivity index (χ4n) is 9.26. The molecule has 4 heterocycles. The molecule has 2 aromatic carbocycles. The number of hydrogen-bond donors (Lipinski definition) is 2. The Morgan fingerprint density at radius 2 is 1.81 bits per heavy atom. The topological polar surface area (TPSA) is 85.3 Å². The number of aliphatic hydroxyl groups is 1. The third kappa shape index (κ3) is 10.1. The van der Waals surface area contributed by atoms with Crippen molar-refractivity contribution in [1.82, 2.24) is 14.5 Å². The minimum Gasteiger partial charge on any atom is -0.491 e. The zero-order chi connectivity index (χ0) is 38.2. The van der Waals surface area contributed by atoms with E-state index in [1.54, 1.807) is 0 Å². The van der Waals surface area contributed by atoms with E-state index < -0.39 is 11.0 Å². The largest absolute Gasteiger partial charge is 0.491 e. The molecule has 1 saturated carbocycles. The predicted molar refractivity (Wildman–Crippen MR) is 223 cm³/mol. The van der Waals surface area contributed by atoms with Crippen LogP contribution in [0.4, 0.5) is 5.69 Å². The summed E-state index contributed by atoms with van der Waals surface area (Å²) < 4.78 is 22.9. The van der Waals surface area contributed by atoms with Gasteiger partial charge < -0.3 is 14.7 Å². The third-order valence-electron chi connectivity index (χ3n) is 12.8. The number of amides is 1. The van der Waals surface area contributed by atoms with Crippen LogP contribution in [0.1, 0.15) is 106 Å². The average Bonchev–Trinajstić information content (AvgIpc) is 3.34. The van der Waals surface area contributed by atoms with Gasteiger partial charge in [0.25, 0.3) is 5.91 Å². The summed E-state index contributed by atoms with van der Waals surface area (Å²) in [5.74, 6) is 2.52. The van der Waals surface area contributed by atoms with Gasteiger partial charge in [-0.3, -0.25) is 19.3 Å². The highest BCUT2D eigenvalue weighted by Gasteiger charge is 2.40. The van der Waals surface area contributed by atoms with Gasteiger partial charge >= 0.3 is 0 Å². The number of hydrogen-bond acceptors (Lipinski definition) is 7. The summed E-state index contributed by atoms with van der Waals surface area (Å²) in [6, 6.07) is 12.8. The zero-order valence-corrected chi connectivity index (χ0v) is 34.8. The summed E-state index contributed by atoms with van der Waals surface area (Å²) in [5, 5.41) is 8.49.